The van der Waals surface area contributed by atoms with Crippen LogP contribution in [0.2, 0.25) is 0 Å². The Hall–Kier alpha value is -0.850. The Morgan fingerprint density at radius 2 is 1.69 bits per heavy atom. The van der Waals surface area contributed by atoms with Gasteiger partial charge in [-0.3, -0.25) is 4.79 Å². The van der Waals surface area contributed by atoms with Gasteiger partial charge in [0.15, 0.2) is 0 Å². The van der Waals surface area contributed by atoms with Gasteiger partial charge in [0.2, 0.25) is 0 Å². The maximum Gasteiger partial charge on any atom is 0.143 e. The molecule has 1 heteroatoms. The first-order valence-corrected chi connectivity index (χ1v) is 6.75. The van der Waals surface area contributed by atoms with Crippen LogP contribution in [0, 0.1) is 5.41 Å². The molecule has 0 radical (unpaired) electrons. The van der Waals surface area contributed by atoms with Gasteiger partial charge in [-0.25, -0.2) is 0 Å². The van der Waals surface area contributed by atoms with Crippen molar-refractivity contribution < 1.29 is 4.79 Å². The molecule has 0 aliphatic heterocycles. The molecule has 2 saturated carbocycles. The van der Waals surface area contributed by atoms with Crippen LogP contribution in [-0.4, -0.2) is 5.78 Å². The zero-order chi connectivity index (χ0) is 11.0. The molecule has 0 saturated heterocycles. The largest absolute Gasteiger partial charge is 0.299 e. The summed E-state index contributed by atoms with van der Waals surface area (Å²) in [5.74, 6) is 0.507. The number of fused-ring (bicyclic) bond motifs is 1. The van der Waals surface area contributed by atoms with Crippen LogP contribution >= 0.6 is 0 Å². The SMILES string of the molecule is O=C1CCCC[C@@]12C=C1CCCCC1=CC2. The van der Waals surface area contributed by atoms with Crippen LogP contribution in [0.1, 0.15) is 57.8 Å². The van der Waals surface area contributed by atoms with Crippen molar-refractivity contribution >= 4 is 5.78 Å². The molecular weight excluding hydrogens is 196 g/mol. The van der Waals surface area contributed by atoms with E-state index in [1.165, 1.54) is 37.7 Å². The predicted octanol–water partition coefficient (Wildman–Crippen LogP) is 3.95. The molecule has 0 unspecified atom stereocenters. The lowest BCUT2D eigenvalue weighted by Gasteiger charge is -2.37. The van der Waals surface area contributed by atoms with E-state index in [-0.39, 0.29) is 5.41 Å². The van der Waals surface area contributed by atoms with Crippen molar-refractivity contribution in [2.75, 3.05) is 0 Å². The number of ketones is 1. The lowest BCUT2D eigenvalue weighted by molar-refractivity contribution is -0.128. The van der Waals surface area contributed by atoms with E-state index in [9.17, 15) is 4.79 Å². The van der Waals surface area contributed by atoms with Crippen molar-refractivity contribution in [2.45, 2.75) is 57.8 Å². The van der Waals surface area contributed by atoms with Crippen molar-refractivity contribution in [1.82, 2.24) is 0 Å². The first-order chi connectivity index (χ1) is 7.80. The minimum Gasteiger partial charge on any atom is -0.299 e. The standard InChI is InChI=1S/C15H20O/c16-14-7-3-4-9-15(14)10-8-12-5-1-2-6-13(12)11-15/h8,11H,1-7,9-10H2/t15-/m1/s1. The molecule has 0 aromatic carbocycles. The van der Waals surface area contributed by atoms with Gasteiger partial charge in [0.05, 0.1) is 5.41 Å². The van der Waals surface area contributed by atoms with Crippen LogP contribution in [0.3, 0.4) is 0 Å². The summed E-state index contributed by atoms with van der Waals surface area (Å²) >= 11 is 0. The van der Waals surface area contributed by atoms with E-state index in [0.29, 0.717) is 5.78 Å². The van der Waals surface area contributed by atoms with E-state index < -0.39 is 0 Å². The predicted molar refractivity (Wildman–Crippen MR) is 65.2 cm³/mol. The number of hydrogen-bond acceptors (Lipinski definition) is 1. The Balaban J connectivity index is 1.91. The fourth-order valence-corrected chi connectivity index (χ4v) is 3.53. The van der Waals surface area contributed by atoms with E-state index >= 15 is 0 Å². The fourth-order valence-electron chi connectivity index (χ4n) is 3.53. The summed E-state index contributed by atoms with van der Waals surface area (Å²) in [4.78, 5) is 12.2. The Morgan fingerprint density at radius 3 is 2.50 bits per heavy atom. The molecule has 0 aromatic rings. The maximum atomic E-state index is 12.2. The topological polar surface area (TPSA) is 17.1 Å². The van der Waals surface area contributed by atoms with Gasteiger partial charge in [-0.2, -0.15) is 0 Å². The third kappa shape index (κ3) is 1.57. The first-order valence-electron chi connectivity index (χ1n) is 6.75. The maximum absolute atomic E-state index is 12.2. The van der Waals surface area contributed by atoms with Crippen LogP contribution in [0.25, 0.3) is 0 Å². The van der Waals surface area contributed by atoms with E-state index in [2.05, 4.69) is 12.2 Å². The summed E-state index contributed by atoms with van der Waals surface area (Å²) in [5, 5.41) is 0. The molecule has 3 aliphatic rings. The smallest absolute Gasteiger partial charge is 0.143 e. The molecule has 0 N–H and O–H groups in total. The quantitative estimate of drug-likeness (QED) is 0.599. The highest BCUT2D eigenvalue weighted by Gasteiger charge is 2.39. The van der Waals surface area contributed by atoms with Crippen molar-refractivity contribution in [3.05, 3.63) is 23.3 Å². The molecule has 3 rings (SSSR count). The Morgan fingerprint density at radius 1 is 0.938 bits per heavy atom. The molecule has 0 aromatic heterocycles. The van der Waals surface area contributed by atoms with Gasteiger partial charge in [0, 0.05) is 6.42 Å². The highest BCUT2D eigenvalue weighted by Crippen LogP contribution is 2.45. The average molecular weight is 216 g/mol. The summed E-state index contributed by atoms with van der Waals surface area (Å²) in [5.41, 5.74) is 2.98. The van der Waals surface area contributed by atoms with Crippen molar-refractivity contribution in [1.29, 1.82) is 0 Å². The van der Waals surface area contributed by atoms with Gasteiger partial charge in [0.25, 0.3) is 0 Å². The van der Waals surface area contributed by atoms with E-state index in [4.69, 9.17) is 0 Å². The van der Waals surface area contributed by atoms with E-state index in [1.54, 1.807) is 5.57 Å². The highest BCUT2D eigenvalue weighted by atomic mass is 16.1. The molecule has 1 atom stereocenters. The van der Waals surface area contributed by atoms with Gasteiger partial charge < -0.3 is 0 Å². The lowest BCUT2D eigenvalue weighted by Crippen LogP contribution is -2.34. The first kappa shape index (κ1) is 10.3. The van der Waals surface area contributed by atoms with Gasteiger partial charge in [-0.1, -0.05) is 18.6 Å². The third-order valence-electron chi connectivity index (χ3n) is 4.55. The molecular formula is C15H20O. The van der Waals surface area contributed by atoms with E-state index in [1.807, 2.05) is 0 Å². The Bertz CT molecular complexity index is 375. The van der Waals surface area contributed by atoms with Crippen LogP contribution in [0.4, 0.5) is 0 Å². The van der Waals surface area contributed by atoms with Crippen molar-refractivity contribution in [2.24, 2.45) is 5.41 Å². The fraction of sp³-hybridized carbons (Fsp3) is 0.667. The number of carbonyl (C=O) groups is 1. The third-order valence-corrected chi connectivity index (χ3v) is 4.55. The van der Waals surface area contributed by atoms with Crippen molar-refractivity contribution in [3.63, 3.8) is 0 Å². The molecule has 16 heavy (non-hydrogen) atoms. The minimum atomic E-state index is -0.0750. The zero-order valence-corrected chi connectivity index (χ0v) is 9.93. The second kappa shape index (κ2) is 3.87. The average Bonchev–Trinajstić information content (AvgIpc) is 2.33. The molecule has 86 valence electrons. The summed E-state index contributed by atoms with van der Waals surface area (Å²) < 4.78 is 0. The van der Waals surface area contributed by atoms with Crippen LogP contribution in [-0.2, 0) is 4.79 Å². The number of allylic oxidation sites excluding steroid dienone is 4. The van der Waals surface area contributed by atoms with Crippen LogP contribution in [0.5, 0.6) is 0 Å². The molecule has 2 fully saturated rings. The normalized spacial score (nSPS) is 34.4. The Labute approximate surface area is 97.6 Å². The molecule has 1 nitrogen and oxygen atoms in total. The number of hydrogen-bond donors (Lipinski definition) is 0. The molecule has 0 bridgehead atoms. The van der Waals surface area contributed by atoms with E-state index in [0.717, 1.165) is 25.7 Å². The van der Waals surface area contributed by atoms with Crippen LogP contribution in [0.15, 0.2) is 23.3 Å². The van der Waals surface area contributed by atoms with Gasteiger partial charge in [-0.05, 0) is 56.1 Å². The Kier molecular flexibility index (Phi) is 2.49. The summed E-state index contributed by atoms with van der Waals surface area (Å²) in [6, 6.07) is 0. The lowest BCUT2D eigenvalue weighted by atomic mass is 9.65. The summed E-state index contributed by atoms with van der Waals surface area (Å²) in [6.07, 6.45) is 15.1. The second-order valence-electron chi connectivity index (χ2n) is 5.60. The van der Waals surface area contributed by atoms with Gasteiger partial charge in [-0.15, -0.1) is 0 Å². The molecule has 0 heterocycles. The second-order valence-corrected chi connectivity index (χ2v) is 5.60. The van der Waals surface area contributed by atoms with Crippen molar-refractivity contribution in [3.8, 4) is 0 Å². The minimum absolute atomic E-state index is 0.0750. The molecule has 1 spiro atoms. The van der Waals surface area contributed by atoms with Gasteiger partial charge in [0.1, 0.15) is 5.78 Å². The summed E-state index contributed by atoms with van der Waals surface area (Å²) in [6.45, 7) is 0. The number of carbonyl (C=O) groups excluding carboxylic acids is 1. The van der Waals surface area contributed by atoms with Gasteiger partial charge >= 0.3 is 0 Å². The highest BCUT2D eigenvalue weighted by molar-refractivity contribution is 5.88. The molecule has 3 aliphatic carbocycles. The number of rotatable bonds is 0. The molecule has 0 amide bonds. The number of Topliss-reactive ketones (excluding diaryl/α,β-unsaturated/α-hetero) is 1. The zero-order valence-electron chi connectivity index (χ0n) is 9.93. The summed E-state index contributed by atoms with van der Waals surface area (Å²) in [7, 11) is 0. The monoisotopic (exact) mass is 216 g/mol. The van der Waals surface area contributed by atoms with Crippen LogP contribution < -0.4 is 0 Å².